The van der Waals surface area contributed by atoms with Crippen LogP contribution in [0.4, 0.5) is 5.69 Å². The Kier molecular flexibility index (Phi) is 3.36. The Morgan fingerprint density at radius 2 is 1.94 bits per heavy atom. The molecule has 0 aromatic heterocycles. The van der Waals surface area contributed by atoms with Crippen LogP contribution in [0.5, 0.6) is 0 Å². The van der Waals surface area contributed by atoms with Crippen LogP contribution in [-0.4, -0.2) is 37.0 Å². The van der Waals surface area contributed by atoms with Crippen LogP contribution >= 0.6 is 0 Å². The molecule has 1 aromatic rings. The minimum atomic E-state index is 0.233. The van der Waals surface area contributed by atoms with Gasteiger partial charge in [-0.05, 0) is 44.0 Å². The third-order valence-corrected chi connectivity index (χ3v) is 3.56. The number of likely N-dealkylation sites (N-methyl/N-ethyl adjacent to an activating group) is 1. The Morgan fingerprint density at radius 1 is 1.18 bits per heavy atom. The largest absolute Gasteiger partial charge is 0.360 e. The van der Waals surface area contributed by atoms with Gasteiger partial charge in [0.2, 0.25) is 5.91 Å². The third-order valence-electron chi connectivity index (χ3n) is 3.56. The van der Waals surface area contributed by atoms with E-state index >= 15 is 0 Å². The first-order valence-electron chi connectivity index (χ1n) is 6.21. The van der Waals surface area contributed by atoms with Crippen LogP contribution in [0.3, 0.4) is 0 Å². The Labute approximate surface area is 103 Å². The maximum Gasteiger partial charge on any atom is 0.242 e. The Balaban J connectivity index is 2.14. The summed E-state index contributed by atoms with van der Waals surface area (Å²) in [5.74, 6) is 0.233. The molecule has 92 valence electrons. The fourth-order valence-corrected chi connectivity index (χ4v) is 2.19. The zero-order valence-corrected chi connectivity index (χ0v) is 10.9. The number of hydrogen-bond donors (Lipinski definition) is 0. The molecule has 1 heterocycles. The van der Waals surface area contributed by atoms with E-state index in [9.17, 15) is 4.79 Å². The number of piperazine rings is 1. The van der Waals surface area contributed by atoms with E-state index in [0.29, 0.717) is 6.54 Å². The fraction of sp³-hybridized carbons (Fsp3) is 0.500. The highest BCUT2D eigenvalue weighted by Gasteiger charge is 2.22. The van der Waals surface area contributed by atoms with E-state index in [1.165, 1.54) is 11.1 Å². The summed E-state index contributed by atoms with van der Waals surface area (Å²) in [5, 5.41) is 0. The van der Waals surface area contributed by atoms with Gasteiger partial charge in [-0.15, -0.1) is 0 Å². The third kappa shape index (κ3) is 2.43. The van der Waals surface area contributed by atoms with Gasteiger partial charge in [-0.3, -0.25) is 4.79 Å². The van der Waals surface area contributed by atoms with E-state index in [2.05, 4.69) is 36.9 Å². The van der Waals surface area contributed by atoms with Crippen LogP contribution in [0.25, 0.3) is 0 Å². The summed E-state index contributed by atoms with van der Waals surface area (Å²) >= 11 is 0. The molecule has 1 aliphatic heterocycles. The van der Waals surface area contributed by atoms with Crippen molar-refractivity contribution in [1.82, 2.24) is 4.90 Å². The van der Waals surface area contributed by atoms with E-state index in [4.69, 9.17) is 0 Å². The molecule has 1 amide bonds. The van der Waals surface area contributed by atoms with Crippen molar-refractivity contribution in [3.8, 4) is 0 Å². The van der Waals surface area contributed by atoms with Crippen LogP contribution in [0.15, 0.2) is 18.2 Å². The number of carbonyl (C=O) groups is 1. The highest BCUT2D eigenvalue weighted by atomic mass is 16.2. The molecule has 0 aliphatic carbocycles. The van der Waals surface area contributed by atoms with Crippen molar-refractivity contribution >= 4 is 11.6 Å². The molecular weight excluding hydrogens is 212 g/mol. The maximum absolute atomic E-state index is 11.8. The standard InChI is InChI=1S/C14H20N2O/c1-4-15-7-8-16(10-14(15)17)13-6-5-11(2)12(3)9-13/h5-6,9H,4,7-8,10H2,1-3H3. The molecule has 1 aliphatic rings. The molecule has 1 fully saturated rings. The van der Waals surface area contributed by atoms with Gasteiger partial charge in [0.05, 0.1) is 6.54 Å². The van der Waals surface area contributed by atoms with Crippen LogP contribution in [0.2, 0.25) is 0 Å². The summed E-state index contributed by atoms with van der Waals surface area (Å²) in [5.41, 5.74) is 3.75. The highest BCUT2D eigenvalue weighted by molar-refractivity contribution is 5.82. The van der Waals surface area contributed by atoms with Crippen LogP contribution in [0, 0.1) is 13.8 Å². The highest BCUT2D eigenvalue weighted by Crippen LogP contribution is 2.20. The minimum absolute atomic E-state index is 0.233. The molecule has 2 rings (SSSR count). The van der Waals surface area contributed by atoms with Gasteiger partial charge in [-0.2, -0.15) is 0 Å². The predicted molar refractivity (Wildman–Crippen MR) is 70.4 cm³/mol. The van der Waals surface area contributed by atoms with Crippen molar-refractivity contribution in [1.29, 1.82) is 0 Å². The van der Waals surface area contributed by atoms with Crippen molar-refractivity contribution in [2.75, 3.05) is 31.1 Å². The molecule has 0 bridgehead atoms. The van der Waals surface area contributed by atoms with Gasteiger partial charge in [-0.1, -0.05) is 6.07 Å². The Morgan fingerprint density at radius 3 is 2.53 bits per heavy atom. The van der Waals surface area contributed by atoms with E-state index in [-0.39, 0.29) is 5.91 Å². The monoisotopic (exact) mass is 232 g/mol. The van der Waals surface area contributed by atoms with Gasteiger partial charge in [0.15, 0.2) is 0 Å². The molecule has 0 saturated carbocycles. The zero-order chi connectivity index (χ0) is 12.4. The number of aryl methyl sites for hydroxylation is 2. The van der Waals surface area contributed by atoms with Crippen LogP contribution < -0.4 is 4.90 Å². The molecule has 0 radical (unpaired) electrons. The number of rotatable bonds is 2. The molecule has 0 atom stereocenters. The van der Waals surface area contributed by atoms with E-state index in [1.54, 1.807) is 0 Å². The number of carbonyl (C=O) groups excluding carboxylic acids is 1. The lowest BCUT2D eigenvalue weighted by Crippen LogP contribution is -2.50. The Hall–Kier alpha value is -1.51. The second-order valence-electron chi connectivity index (χ2n) is 4.66. The summed E-state index contributed by atoms with van der Waals surface area (Å²) in [6.07, 6.45) is 0. The van der Waals surface area contributed by atoms with Crippen molar-refractivity contribution in [2.24, 2.45) is 0 Å². The number of hydrogen-bond acceptors (Lipinski definition) is 2. The first kappa shape index (κ1) is 12.0. The summed E-state index contributed by atoms with van der Waals surface area (Å²) < 4.78 is 0. The zero-order valence-electron chi connectivity index (χ0n) is 10.9. The normalized spacial score (nSPS) is 16.5. The summed E-state index contributed by atoms with van der Waals surface area (Å²) in [7, 11) is 0. The molecule has 3 nitrogen and oxygen atoms in total. The second kappa shape index (κ2) is 4.78. The van der Waals surface area contributed by atoms with Gasteiger partial charge < -0.3 is 9.80 Å². The lowest BCUT2D eigenvalue weighted by molar-refractivity contribution is -0.130. The number of nitrogens with zero attached hydrogens (tertiary/aromatic N) is 2. The topological polar surface area (TPSA) is 23.6 Å². The van der Waals surface area contributed by atoms with Gasteiger partial charge in [-0.25, -0.2) is 0 Å². The van der Waals surface area contributed by atoms with Crippen molar-refractivity contribution in [2.45, 2.75) is 20.8 Å². The smallest absolute Gasteiger partial charge is 0.242 e. The first-order chi connectivity index (χ1) is 8.11. The molecule has 17 heavy (non-hydrogen) atoms. The minimum Gasteiger partial charge on any atom is -0.360 e. The molecular formula is C14H20N2O. The van der Waals surface area contributed by atoms with Crippen LogP contribution in [-0.2, 0) is 4.79 Å². The average Bonchev–Trinajstić information content (AvgIpc) is 2.32. The predicted octanol–water partition coefficient (Wildman–Crippen LogP) is 1.97. The SMILES string of the molecule is CCN1CCN(c2ccc(C)c(C)c2)CC1=O. The van der Waals surface area contributed by atoms with Gasteiger partial charge in [0, 0.05) is 25.3 Å². The number of benzene rings is 1. The summed E-state index contributed by atoms with van der Waals surface area (Å²) in [4.78, 5) is 15.9. The number of amides is 1. The van der Waals surface area contributed by atoms with Crippen molar-refractivity contribution < 1.29 is 4.79 Å². The van der Waals surface area contributed by atoms with Crippen LogP contribution in [0.1, 0.15) is 18.1 Å². The van der Waals surface area contributed by atoms with Gasteiger partial charge >= 0.3 is 0 Å². The lowest BCUT2D eigenvalue weighted by Gasteiger charge is -2.35. The lowest BCUT2D eigenvalue weighted by atomic mass is 10.1. The van der Waals surface area contributed by atoms with E-state index < -0.39 is 0 Å². The molecule has 1 aromatic carbocycles. The average molecular weight is 232 g/mol. The summed E-state index contributed by atoms with van der Waals surface area (Å²) in [6.45, 7) is 9.35. The van der Waals surface area contributed by atoms with E-state index in [1.807, 2.05) is 11.8 Å². The first-order valence-corrected chi connectivity index (χ1v) is 6.21. The second-order valence-corrected chi connectivity index (χ2v) is 4.66. The Bertz CT molecular complexity index is 428. The van der Waals surface area contributed by atoms with Gasteiger partial charge in [0.1, 0.15) is 0 Å². The molecule has 0 N–H and O–H groups in total. The van der Waals surface area contributed by atoms with Gasteiger partial charge in [0.25, 0.3) is 0 Å². The summed E-state index contributed by atoms with van der Waals surface area (Å²) in [6, 6.07) is 6.41. The molecule has 3 heteroatoms. The maximum atomic E-state index is 11.8. The fourth-order valence-electron chi connectivity index (χ4n) is 2.19. The van der Waals surface area contributed by atoms with Crippen molar-refractivity contribution in [3.63, 3.8) is 0 Å². The molecule has 0 spiro atoms. The van der Waals surface area contributed by atoms with E-state index in [0.717, 1.165) is 25.3 Å². The molecule has 1 saturated heterocycles. The molecule has 0 unspecified atom stereocenters. The quantitative estimate of drug-likeness (QED) is 0.778. The van der Waals surface area contributed by atoms with Crippen molar-refractivity contribution in [3.05, 3.63) is 29.3 Å². The number of anilines is 1.